The van der Waals surface area contributed by atoms with Crippen molar-refractivity contribution in [1.29, 1.82) is 0 Å². The SMILES string of the molecule is Cc1cccc(NC(=O)NCCc2csc(-c3ccc(F)cc3)n2)c1. The Morgan fingerprint density at radius 2 is 2.00 bits per heavy atom. The van der Waals surface area contributed by atoms with Gasteiger partial charge < -0.3 is 10.6 Å². The highest BCUT2D eigenvalue weighted by Crippen LogP contribution is 2.23. The van der Waals surface area contributed by atoms with Gasteiger partial charge in [0, 0.05) is 29.6 Å². The summed E-state index contributed by atoms with van der Waals surface area (Å²) < 4.78 is 13.0. The second-order valence-corrected chi connectivity index (χ2v) is 6.51. The van der Waals surface area contributed by atoms with E-state index in [1.165, 1.54) is 23.5 Å². The Balaban J connectivity index is 1.49. The Kier molecular flexibility index (Phi) is 5.40. The number of benzene rings is 2. The molecule has 1 aromatic heterocycles. The van der Waals surface area contributed by atoms with E-state index < -0.39 is 0 Å². The zero-order valence-electron chi connectivity index (χ0n) is 13.8. The molecular weight excluding hydrogens is 337 g/mol. The molecule has 1 heterocycles. The first-order valence-corrected chi connectivity index (χ1v) is 8.80. The predicted octanol–water partition coefficient (Wildman–Crippen LogP) is 4.62. The maximum absolute atomic E-state index is 13.0. The highest BCUT2D eigenvalue weighted by Gasteiger charge is 2.06. The predicted molar refractivity (Wildman–Crippen MR) is 99.4 cm³/mol. The van der Waals surface area contributed by atoms with Crippen molar-refractivity contribution in [3.63, 3.8) is 0 Å². The van der Waals surface area contributed by atoms with Crippen molar-refractivity contribution in [2.24, 2.45) is 0 Å². The van der Waals surface area contributed by atoms with Crippen molar-refractivity contribution >= 4 is 23.1 Å². The number of rotatable bonds is 5. The van der Waals surface area contributed by atoms with Crippen LogP contribution in [0, 0.1) is 12.7 Å². The maximum Gasteiger partial charge on any atom is 0.319 e. The molecule has 128 valence electrons. The van der Waals surface area contributed by atoms with E-state index in [0.717, 1.165) is 27.5 Å². The molecule has 3 rings (SSSR count). The number of aryl methyl sites for hydroxylation is 1. The quantitative estimate of drug-likeness (QED) is 0.701. The van der Waals surface area contributed by atoms with E-state index >= 15 is 0 Å². The fourth-order valence-corrected chi connectivity index (χ4v) is 3.21. The zero-order valence-corrected chi connectivity index (χ0v) is 14.6. The minimum absolute atomic E-state index is 0.236. The lowest BCUT2D eigenvalue weighted by atomic mass is 10.2. The molecule has 25 heavy (non-hydrogen) atoms. The lowest BCUT2D eigenvalue weighted by Gasteiger charge is -2.07. The van der Waals surface area contributed by atoms with Crippen LogP contribution < -0.4 is 10.6 Å². The minimum Gasteiger partial charge on any atom is -0.337 e. The van der Waals surface area contributed by atoms with Crippen LogP contribution in [0.1, 0.15) is 11.3 Å². The molecule has 0 unspecified atom stereocenters. The van der Waals surface area contributed by atoms with Crippen molar-refractivity contribution in [3.8, 4) is 10.6 Å². The number of carbonyl (C=O) groups excluding carboxylic acids is 1. The molecular formula is C19H18FN3OS. The monoisotopic (exact) mass is 355 g/mol. The van der Waals surface area contributed by atoms with E-state index in [9.17, 15) is 9.18 Å². The zero-order chi connectivity index (χ0) is 17.6. The maximum atomic E-state index is 13.0. The number of amides is 2. The lowest BCUT2D eigenvalue weighted by Crippen LogP contribution is -2.30. The van der Waals surface area contributed by atoms with Gasteiger partial charge in [0.05, 0.1) is 5.69 Å². The smallest absolute Gasteiger partial charge is 0.319 e. The number of carbonyl (C=O) groups is 1. The molecule has 3 aromatic rings. The van der Waals surface area contributed by atoms with Crippen LogP contribution in [-0.4, -0.2) is 17.6 Å². The molecule has 0 radical (unpaired) electrons. The second kappa shape index (κ2) is 7.90. The number of anilines is 1. The van der Waals surface area contributed by atoms with Crippen LogP contribution in [-0.2, 0) is 6.42 Å². The van der Waals surface area contributed by atoms with Gasteiger partial charge in [0.2, 0.25) is 0 Å². The van der Waals surface area contributed by atoms with Crippen LogP contribution in [0.15, 0.2) is 53.9 Å². The van der Waals surface area contributed by atoms with E-state index in [4.69, 9.17) is 0 Å². The topological polar surface area (TPSA) is 54.0 Å². The molecule has 6 heteroatoms. The van der Waals surface area contributed by atoms with Crippen LogP contribution in [0.2, 0.25) is 0 Å². The molecule has 0 saturated heterocycles. The van der Waals surface area contributed by atoms with Gasteiger partial charge in [0.25, 0.3) is 0 Å². The Labute approximate surface area is 149 Å². The van der Waals surface area contributed by atoms with Crippen LogP contribution in [0.5, 0.6) is 0 Å². The van der Waals surface area contributed by atoms with Crippen molar-refractivity contribution in [3.05, 3.63) is 71.0 Å². The number of nitrogens with one attached hydrogen (secondary N) is 2. The Morgan fingerprint density at radius 1 is 1.20 bits per heavy atom. The second-order valence-electron chi connectivity index (χ2n) is 5.65. The van der Waals surface area contributed by atoms with E-state index in [2.05, 4.69) is 15.6 Å². The van der Waals surface area contributed by atoms with Crippen LogP contribution in [0.4, 0.5) is 14.9 Å². The molecule has 0 spiro atoms. The van der Waals surface area contributed by atoms with E-state index in [1.807, 2.05) is 36.6 Å². The largest absolute Gasteiger partial charge is 0.337 e. The Morgan fingerprint density at radius 3 is 2.76 bits per heavy atom. The molecule has 4 nitrogen and oxygen atoms in total. The first kappa shape index (κ1) is 17.1. The first-order valence-electron chi connectivity index (χ1n) is 7.92. The lowest BCUT2D eigenvalue weighted by molar-refractivity contribution is 0.252. The third-order valence-corrected chi connectivity index (χ3v) is 4.53. The summed E-state index contributed by atoms with van der Waals surface area (Å²) in [5, 5.41) is 8.43. The first-order chi connectivity index (χ1) is 12.1. The molecule has 0 aliphatic heterocycles. The fourth-order valence-electron chi connectivity index (χ4n) is 2.35. The number of aromatic nitrogens is 1. The van der Waals surface area contributed by atoms with Crippen molar-refractivity contribution in [1.82, 2.24) is 10.3 Å². The van der Waals surface area contributed by atoms with E-state index in [-0.39, 0.29) is 11.8 Å². The van der Waals surface area contributed by atoms with Crippen molar-refractivity contribution in [2.45, 2.75) is 13.3 Å². The average molecular weight is 355 g/mol. The van der Waals surface area contributed by atoms with Crippen LogP contribution in [0.25, 0.3) is 10.6 Å². The summed E-state index contributed by atoms with van der Waals surface area (Å²) in [6.07, 6.45) is 0.638. The molecule has 0 aliphatic carbocycles. The number of nitrogens with zero attached hydrogens (tertiary/aromatic N) is 1. The third kappa shape index (κ3) is 4.87. The summed E-state index contributed by atoms with van der Waals surface area (Å²) in [6, 6.07) is 13.7. The molecule has 0 aliphatic rings. The number of thiazole rings is 1. The summed E-state index contributed by atoms with van der Waals surface area (Å²) in [7, 11) is 0. The number of urea groups is 1. The molecule has 0 fully saturated rings. The van der Waals surface area contributed by atoms with Crippen LogP contribution >= 0.6 is 11.3 Å². The summed E-state index contributed by atoms with van der Waals surface area (Å²) in [6.45, 7) is 2.47. The molecule has 0 saturated carbocycles. The van der Waals surface area contributed by atoms with Crippen LogP contribution in [0.3, 0.4) is 0 Å². The number of hydrogen-bond acceptors (Lipinski definition) is 3. The van der Waals surface area contributed by atoms with E-state index in [0.29, 0.717) is 13.0 Å². The van der Waals surface area contributed by atoms with Gasteiger partial charge in [-0.15, -0.1) is 11.3 Å². The number of hydrogen-bond donors (Lipinski definition) is 2. The fraction of sp³-hybridized carbons (Fsp3) is 0.158. The van der Waals surface area contributed by atoms with Gasteiger partial charge in [0.1, 0.15) is 10.8 Å². The summed E-state index contributed by atoms with van der Waals surface area (Å²) in [4.78, 5) is 16.4. The Bertz CT molecular complexity index is 861. The highest BCUT2D eigenvalue weighted by atomic mass is 32.1. The minimum atomic E-state index is -0.260. The molecule has 2 amide bonds. The number of halogens is 1. The van der Waals surface area contributed by atoms with Gasteiger partial charge in [-0.05, 0) is 48.9 Å². The van der Waals surface area contributed by atoms with Crippen molar-refractivity contribution < 1.29 is 9.18 Å². The van der Waals surface area contributed by atoms with Gasteiger partial charge in [-0.1, -0.05) is 12.1 Å². The van der Waals surface area contributed by atoms with Crippen molar-refractivity contribution in [2.75, 3.05) is 11.9 Å². The van der Waals surface area contributed by atoms with Gasteiger partial charge in [0.15, 0.2) is 0 Å². The Hall–Kier alpha value is -2.73. The molecule has 2 N–H and O–H groups in total. The third-order valence-electron chi connectivity index (χ3n) is 3.59. The normalized spacial score (nSPS) is 10.5. The molecule has 2 aromatic carbocycles. The van der Waals surface area contributed by atoms with E-state index in [1.54, 1.807) is 12.1 Å². The molecule has 0 bridgehead atoms. The molecule has 0 atom stereocenters. The summed E-state index contributed by atoms with van der Waals surface area (Å²) in [5.41, 5.74) is 3.65. The van der Waals surface area contributed by atoms with Gasteiger partial charge in [-0.2, -0.15) is 0 Å². The summed E-state index contributed by atoms with van der Waals surface area (Å²) in [5.74, 6) is -0.260. The summed E-state index contributed by atoms with van der Waals surface area (Å²) >= 11 is 1.51. The standard InChI is InChI=1S/C19H18FN3OS/c1-13-3-2-4-16(11-13)23-19(24)21-10-9-17-12-25-18(22-17)14-5-7-15(20)8-6-14/h2-8,11-12H,9-10H2,1H3,(H2,21,23,24). The highest BCUT2D eigenvalue weighted by molar-refractivity contribution is 7.13. The average Bonchev–Trinajstić information content (AvgIpc) is 3.04. The van der Waals surface area contributed by atoms with Gasteiger partial charge >= 0.3 is 6.03 Å². The van der Waals surface area contributed by atoms with Gasteiger partial charge in [-0.25, -0.2) is 14.2 Å². The van der Waals surface area contributed by atoms with Gasteiger partial charge in [-0.3, -0.25) is 0 Å².